The SMILES string of the molecule is CC(C)CN(CC(O)[C@H](Cc1ccccc1)NC(=O)O)S(=O)(=O)N1CCN(C)CC1. The second-order valence-corrected chi connectivity index (χ2v) is 10.2. The predicted octanol–water partition coefficient (Wildman–Crippen LogP) is 0.676. The second kappa shape index (κ2) is 11.1. The Kier molecular flexibility index (Phi) is 9.05. The van der Waals surface area contributed by atoms with Crippen LogP contribution in [-0.4, -0.2) is 96.7 Å². The maximum atomic E-state index is 13.3. The van der Waals surface area contributed by atoms with E-state index in [4.69, 9.17) is 0 Å². The molecule has 0 aromatic heterocycles. The van der Waals surface area contributed by atoms with E-state index in [0.717, 1.165) is 5.56 Å². The normalized spacial score (nSPS) is 18.5. The van der Waals surface area contributed by atoms with Crippen LogP contribution in [-0.2, 0) is 16.6 Å². The molecule has 0 aliphatic carbocycles. The van der Waals surface area contributed by atoms with E-state index in [-0.39, 0.29) is 25.4 Å². The van der Waals surface area contributed by atoms with Crippen LogP contribution in [0.4, 0.5) is 4.79 Å². The maximum absolute atomic E-state index is 13.3. The molecule has 0 saturated carbocycles. The first-order valence-corrected chi connectivity index (χ1v) is 11.6. The third-order valence-electron chi connectivity index (χ3n) is 5.15. The zero-order chi connectivity index (χ0) is 22.3. The number of aliphatic hydroxyl groups is 1. The second-order valence-electron chi connectivity index (χ2n) is 8.23. The third kappa shape index (κ3) is 7.21. The van der Waals surface area contributed by atoms with Gasteiger partial charge >= 0.3 is 6.09 Å². The van der Waals surface area contributed by atoms with Crippen LogP contribution in [0.1, 0.15) is 19.4 Å². The van der Waals surface area contributed by atoms with Crippen LogP contribution in [0.3, 0.4) is 0 Å². The number of hydrogen-bond donors (Lipinski definition) is 3. The van der Waals surface area contributed by atoms with Crippen LogP contribution in [0.15, 0.2) is 30.3 Å². The lowest BCUT2D eigenvalue weighted by molar-refractivity contribution is 0.0949. The van der Waals surface area contributed by atoms with E-state index in [1.807, 2.05) is 51.2 Å². The minimum atomic E-state index is -3.77. The molecule has 1 aromatic carbocycles. The summed E-state index contributed by atoms with van der Waals surface area (Å²) in [5, 5.41) is 22.4. The van der Waals surface area contributed by atoms with Gasteiger partial charge in [0, 0.05) is 39.3 Å². The van der Waals surface area contributed by atoms with Crippen LogP contribution in [0, 0.1) is 5.92 Å². The van der Waals surface area contributed by atoms with E-state index < -0.39 is 28.4 Å². The first-order chi connectivity index (χ1) is 14.1. The number of benzene rings is 1. The molecule has 1 saturated heterocycles. The molecule has 1 fully saturated rings. The van der Waals surface area contributed by atoms with Gasteiger partial charge < -0.3 is 20.4 Å². The molecule has 10 heteroatoms. The molecule has 1 heterocycles. The highest BCUT2D eigenvalue weighted by atomic mass is 32.2. The van der Waals surface area contributed by atoms with Crippen LogP contribution in [0.25, 0.3) is 0 Å². The van der Waals surface area contributed by atoms with Crippen molar-refractivity contribution in [1.29, 1.82) is 0 Å². The number of nitrogens with one attached hydrogen (secondary N) is 1. The summed E-state index contributed by atoms with van der Waals surface area (Å²) in [5.74, 6) is 0.0550. The number of carbonyl (C=O) groups is 1. The van der Waals surface area contributed by atoms with E-state index in [0.29, 0.717) is 26.2 Å². The van der Waals surface area contributed by atoms with Gasteiger partial charge in [0.15, 0.2) is 0 Å². The molecule has 2 rings (SSSR count). The maximum Gasteiger partial charge on any atom is 0.404 e. The topological polar surface area (TPSA) is 113 Å². The molecule has 3 N–H and O–H groups in total. The minimum Gasteiger partial charge on any atom is -0.465 e. The summed E-state index contributed by atoms with van der Waals surface area (Å²) < 4.78 is 29.2. The molecular weight excluding hydrogens is 408 g/mol. The standard InChI is InChI=1S/C20H34N4O5S/c1-16(2)14-24(30(28,29)23-11-9-22(3)10-12-23)15-19(25)18(21-20(26)27)13-17-7-5-4-6-8-17/h4-8,16,18-19,21,25H,9-15H2,1-3H3,(H,26,27)/t18-,19?/m0/s1. The number of carboxylic acid groups (broad SMARTS) is 1. The lowest BCUT2D eigenvalue weighted by Crippen LogP contribution is -2.56. The van der Waals surface area contributed by atoms with Crippen molar-refractivity contribution in [3.05, 3.63) is 35.9 Å². The monoisotopic (exact) mass is 442 g/mol. The lowest BCUT2D eigenvalue weighted by atomic mass is 10.0. The number of aliphatic hydroxyl groups excluding tert-OH is 1. The lowest BCUT2D eigenvalue weighted by Gasteiger charge is -2.37. The smallest absolute Gasteiger partial charge is 0.404 e. The first kappa shape index (κ1) is 24.5. The fourth-order valence-corrected chi connectivity index (χ4v) is 5.28. The average molecular weight is 443 g/mol. The van der Waals surface area contributed by atoms with Gasteiger partial charge in [-0.1, -0.05) is 44.2 Å². The third-order valence-corrected chi connectivity index (χ3v) is 7.11. The number of amides is 1. The Hall–Kier alpha value is -1.72. The molecule has 0 spiro atoms. The Morgan fingerprint density at radius 1 is 1.13 bits per heavy atom. The summed E-state index contributed by atoms with van der Waals surface area (Å²) in [5.41, 5.74) is 0.854. The zero-order valence-corrected chi connectivity index (χ0v) is 18.8. The molecule has 170 valence electrons. The largest absolute Gasteiger partial charge is 0.465 e. The van der Waals surface area contributed by atoms with Gasteiger partial charge in [-0.25, -0.2) is 4.79 Å². The van der Waals surface area contributed by atoms with Gasteiger partial charge in [-0.2, -0.15) is 17.0 Å². The number of likely N-dealkylation sites (N-methyl/N-ethyl adjacent to an activating group) is 1. The highest BCUT2D eigenvalue weighted by Crippen LogP contribution is 2.16. The predicted molar refractivity (Wildman–Crippen MR) is 116 cm³/mol. The van der Waals surface area contributed by atoms with Gasteiger partial charge in [0.05, 0.1) is 12.1 Å². The Morgan fingerprint density at radius 3 is 2.27 bits per heavy atom. The Morgan fingerprint density at radius 2 is 1.73 bits per heavy atom. The fraction of sp³-hybridized carbons (Fsp3) is 0.650. The molecule has 1 aliphatic heterocycles. The summed E-state index contributed by atoms with van der Waals surface area (Å²) in [6.07, 6.45) is -2.19. The van der Waals surface area contributed by atoms with Gasteiger partial charge in [0.25, 0.3) is 10.2 Å². The van der Waals surface area contributed by atoms with Gasteiger partial charge in [-0.3, -0.25) is 0 Å². The molecule has 30 heavy (non-hydrogen) atoms. The van der Waals surface area contributed by atoms with E-state index in [9.17, 15) is 23.4 Å². The number of nitrogens with zero attached hydrogens (tertiary/aromatic N) is 3. The number of hydrogen-bond acceptors (Lipinski definition) is 5. The summed E-state index contributed by atoms with van der Waals surface area (Å²) in [6.45, 7) is 5.98. The Bertz CT molecular complexity index is 767. The molecule has 0 radical (unpaired) electrons. The van der Waals surface area contributed by atoms with Crippen LogP contribution < -0.4 is 5.32 Å². The van der Waals surface area contributed by atoms with Crippen molar-refractivity contribution in [2.24, 2.45) is 5.92 Å². The van der Waals surface area contributed by atoms with Crippen molar-refractivity contribution in [3.8, 4) is 0 Å². The van der Waals surface area contributed by atoms with Gasteiger partial charge in [-0.05, 0) is 24.9 Å². The summed E-state index contributed by atoms with van der Waals surface area (Å²) in [4.78, 5) is 13.3. The molecule has 1 unspecified atom stereocenters. The molecule has 0 bridgehead atoms. The quantitative estimate of drug-likeness (QED) is 0.491. The molecule has 9 nitrogen and oxygen atoms in total. The molecule has 2 atom stereocenters. The highest BCUT2D eigenvalue weighted by molar-refractivity contribution is 7.86. The number of rotatable bonds is 10. The van der Waals surface area contributed by atoms with Crippen molar-refractivity contribution >= 4 is 16.3 Å². The first-order valence-electron chi connectivity index (χ1n) is 10.2. The fourth-order valence-electron chi connectivity index (χ4n) is 3.50. The molecule has 1 amide bonds. The molecule has 1 aliphatic rings. The van der Waals surface area contributed by atoms with E-state index in [1.165, 1.54) is 8.61 Å². The summed E-state index contributed by atoms with van der Waals surface area (Å²) >= 11 is 0. The zero-order valence-electron chi connectivity index (χ0n) is 17.9. The number of piperazine rings is 1. The van der Waals surface area contributed by atoms with Crippen molar-refractivity contribution in [3.63, 3.8) is 0 Å². The van der Waals surface area contributed by atoms with Gasteiger partial charge in [0.1, 0.15) is 0 Å². The molecule has 1 aromatic rings. The van der Waals surface area contributed by atoms with Crippen molar-refractivity contribution in [2.45, 2.75) is 32.4 Å². The van der Waals surface area contributed by atoms with Crippen molar-refractivity contribution in [1.82, 2.24) is 18.8 Å². The highest BCUT2D eigenvalue weighted by Gasteiger charge is 2.35. The Balaban J connectivity index is 2.18. The Labute approximate surface area is 179 Å². The molecular formula is C20H34N4O5S. The summed E-state index contributed by atoms with van der Waals surface area (Å²) in [6, 6.07) is 8.38. The van der Waals surface area contributed by atoms with E-state index >= 15 is 0 Å². The van der Waals surface area contributed by atoms with E-state index in [2.05, 4.69) is 10.2 Å². The van der Waals surface area contributed by atoms with Crippen LogP contribution in [0.2, 0.25) is 0 Å². The van der Waals surface area contributed by atoms with Gasteiger partial charge in [0.2, 0.25) is 0 Å². The van der Waals surface area contributed by atoms with Crippen LogP contribution in [0.5, 0.6) is 0 Å². The van der Waals surface area contributed by atoms with E-state index in [1.54, 1.807) is 0 Å². The van der Waals surface area contributed by atoms with Crippen molar-refractivity contribution in [2.75, 3.05) is 46.3 Å². The average Bonchev–Trinajstić information content (AvgIpc) is 2.67. The summed E-state index contributed by atoms with van der Waals surface area (Å²) in [7, 11) is -1.82. The van der Waals surface area contributed by atoms with Gasteiger partial charge in [-0.15, -0.1) is 0 Å². The minimum absolute atomic E-state index is 0.0550. The van der Waals surface area contributed by atoms with Crippen molar-refractivity contribution < 1.29 is 23.4 Å². The van der Waals surface area contributed by atoms with Crippen LogP contribution >= 0.6 is 0 Å².